The van der Waals surface area contributed by atoms with Crippen LogP contribution in [0.25, 0.3) is 0 Å². The average molecular weight is 262 g/mol. The number of rotatable bonds is 4. The van der Waals surface area contributed by atoms with Crippen LogP contribution in [0.2, 0.25) is 0 Å². The van der Waals surface area contributed by atoms with E-state index in [0.29, 0.717) is 17.7 Å². The Hall–Kier alpha value is -1.36. The molecule has 1 aliphatic heterocycles. The summed E-state index contributed by atoms with van der Waals surface area (Å²) < 4.78 is 5.24. The minimum Gasteiger partial charge on any atom is -0.384 e. The summed E-state index contributed by atoms with van der Waals surface area (Å²) in [5.41, 5.74) is 5.91. The van der Waals surface area contributed by atoms with Gasteiger partial charge in [-0.25, -0.2) is 9.97 Å². The van der Waals surface area contributed by atoms with Crippen LogP contribution in [0.5, 0.6) is 0 Å². The van der Waals surface area contributed by atoms with Gasteiger partial charge in [-0.1, -0.05) is 0 Å². The maximum atomic E-state index is 5.91. The second kappa shape index (κ2) is 5.33. The first-order valence-electron chi connectivity index (χ1n) is 7.14. The molecule has 0 unspecified atom stereocenters. The van der Waals surface area contributed by atoms with Crippen LogP contribution in [0.1, 0.15) is 37.4 Å². The van der Waals surface area contributed by atoms with Crippen molar-refractivity contribution < 1.29 is 4.74 Å². The first-order valence-corrected chi connectivity index (χ1v) is 7.14. The van der Waals surface area contributed by atoms with E-state index in [1.165, 1.54) is 12.8 Å². The number of aromatic nitrogens is 2. The number of ether oxygens (including phenoxy) is 1. The fourth-order valence-corrected chi connectivity index (χ4v) is 2.72. The first-order chi connectivity index (χ1) is 9.26. The highest BCUT2D eigenvalue weighted by Gasteiger charge is 2.28. The minimum absolute atomic E-state index is 0.549. The predicted octanol–water partition coefficient (Wildman–Crippen LogP) is 1.80. The van der Waals surface area contributed by atoms with Gasteiger partial charge in [-0.2, -0.15) is 0 Å². The molecule has 2 heterocycles. The van der Waals surface area contributed by atoms with Gasteiger partial charge in [0, 0.05) is 38.8 Å². The van der Waals surface area contributed by atoms with Gasteiger partial charge in [0.1, 0.15) is 17.5 Å². The third kappa shape index (κ3) is 2.97. The van der Waals surface area contributed by atoms with Crippen molar-refractivity contribution in [3.05, 3.63) is 11.9 Å². The summed E-state index contributed by atoms with van der Waals surface area (Å²) in [6.07, 6.45) is 4.74. The molecule has 5 nitrogen and oxygen atoms in total. The van der Waals surface area contributed by atoms with Gasteiger partial charge in [-0.3, -0.25) is 0 Å². The number of hydrogen-bond acceptors (Lipinski definition) is 5. The summed E-state index contributed by atoms with van der Waals surface area (Å²) >= 11 is 0. The summed E-state index contributed by atoms with van der Waals surface area (Å²) in [6.45, 7) is 2.94. The summed E-state index contributed by atoms with van der Waals surface area (Å²) in [5, 5.41) is 0. The standard InChI is InChI=1S/C14H22N4O/c1-19-9-10-4-6-18(7-5-10)13-8-12(15)16-14(17-13)11-2-3-11/h8,10-11H,2-7,9H2,1H3,(H2,15,16,17). The molecule has 1 saturated heterocycles. The van der Waals surface area contributed by atoms with Gasteiger partial charge < -0.3 is 15.4 Å². The van der Waals surface area contributed by atoms with Gasteiger partial charge in [0.05, 0.1) is 0 Å². The Bertz CT molecular complexity index is 439. The van der Waals surface area contributed by atoms with Crippen LogP contribution < -0.4 is 10.6 Å². The maximum Gasteiger partial charge on any atom is 0.136 e. The lowest BCUT2D eigenvalue weighted by Crippen LogP contribution is -2.35. The number of anilines is 2. The average Bonchev–Trinajstić information content (AvgIpc) is 3.23. The molecule has 19 heavy (non-hydrogen) atoms. The molecule has 2 N–H and O–H groups in total. The number of nitrogen functional groups attached to an aromatic ring is 1. The number of methoxy groups -OCH3 is 1. The van der Waals surface area contributed by atoms with Gasteiger partial charge >= 0.3 is 0 Å². The molecule has 0 bridgehead atoms. The topological polar surface area (TPSA) is 64.3 Å². The molecule has 0 aromatic carbocycles. The quantitative estimate of drug-likeness (QED) is 0.896. The molecule has 104 valence electrons. The molecule has 1 saturated carbocycles. The molecule has 0 spiro atoms. The Balaban J connectivity index is 1.69. The van der Waals surface area contributed by atoms with E-state index in [2.05, 4.69) is 9.88 Å². The highest BCUT2D eigenvalue weighted by Crippen LogP contribution is 2.39. The van der Waals surface area contributed by atoms with Crippen molar-refractivity contribution in [2.45, 2.75) is 31.6 Å². The highest BCUT2D eigenvalue weighted by atomic mass is 16.5. The molecular weight excluding hydrogens is 240 g/mol. The molecule has 1 aromatic heterocycles. The van der Waals surface area contributed by atoms with Crippen molar-refractivity contribution in [1.82, 2.24) is 9.97 Å². The lowest BCUT2D eigenvalue weighted by atomic mass is 9.98. The first kappa shape index (κ1) is 12.7. The van der Waals surface area contributed by atoms with Crippen LogP contribution in [0.4, 0.5) is 11.6 Å². The van der Waals surface area contributed by atoms with Crippen LogP contribution in [0.15, 0.2) is 6.07 Å². The van der Waals surface area contributed by atoms with Crippen molar-refractivity contribution in [1.29, 1.82) is 0 Å². The van der Waals surface area contributed by atoms with Gasteiger partial charge in [0.15, 0.2) is 0 Å². The molecule has 0 atom stereocenters. The number of hydrogen-bond donors (Lipinski definition) is 1. The molecule has 3 rings (SSSR count). The van der Waals surface area contributed by atoms with E-state index in [4.69, 9.17) is 15.5 Å². The van der Waals surface area contributed by atoms with Crippen molar-refractivity contribution in [3.63, 3.8) is 0 Å². The van der Waals surface area contributed by atoms with Crippen molar-refractivity contribution in [2.24, 2.45) is 5.92 Å². The Morgan fingerprint density at radius 1 is 1.26 bits per heavy atom. The predicted molar refractivity (Wildman–Crippen MR) is 75.2 cm³/mol. The van der Waals surface area contributed by atoms with E-state index in [1.807, 2.05) is 6.07 Å². The van der Waals surface area contributed by atoms with Crippen LogP contribution in [0.3, 0.4) is 0 Å². The molecule has 1 aliphatic carbocycles. The molecular formula is C14H22N4O. The Kier molecular flexibility index (Phi) is 3.55. The fourth-order valence-electron chi connectivity index (χ4n) is 2.72. The van der Waals surface area contributed by atoms with Gasteiger partial charge in [0.2, 0.25) is 0 Å². The summed E-state index contributed by atoms with van der Waals surface area (Å²) in [5.74, 6) is 3.78. The minimum atomic E-state index is 0.549. The summed E-state index contributed by atoms with van der Waals surface area (Å²) in [7, 11) is 1.78. The van der Waals surface area contributed by atoms with Gasteiger partial charge in [-0.15, -0.1) is 0 Å². The zero-order chi connectivity index (χ0) is 13.2. The SMILES string of the molecule is COCC1CCN(c2cc(N)nc(C3CC3)n2)CC1. The molecule has 2 fully saturated rings. The molecule has 0 radical (unpaired) electrons. The van der Waals surface area contributed by atoms with E-state index in [9.17, 15) is 0 Å². The molecule has 0 amide bonds. The highest BCUT2D eigenvalue weighted by molar-refractivity contribution is 5.47. The van der Waals surface area contributed by atoms with Crippen molar-refractivity contribution in [2.75, 3.05) is 37.4 Å². The smallest absolute Gasteiger partial charge is 0.136 e. The monoisotopic (exact) mass is 262 g/mol. The zero-order valence-electron chi connectivity index (χ0n) is 11.5. The summed E-state index contributed by atoms with van der Waals surface area (Å²) in [6, 6.07) is 1.91. The van der Waals surface area contributed by atoms with Gasteiger partial charge in [-0.05, 0) is 31.6 Å². The van der Waals surface area contributed by atoms with Crippen LogP contribution in [0, 0.1) is 5.92 Å². The molecule has 5 heteroatoms. The van der Waals surface area contributed by atoms with Crippen LogP contribution in [-0.4, -0.2) is 36.8 Å². The molecule has 1 aromatic rings. The fraction of sp³-hybridized carbons (Fsp3) is 0.714. The van der Waals surface area contributed by atoms with Gasteiger partial charge in [0.25, 0.3) is 0 Å². The zero-order valence-corrected chi connectivity index (χ0v) is 11.5. The Labute approximate surface area is 114 Å². The number of piperidine rings is 1. The van der Waals surface area contributed by atoms with E-state index >= 15 is 0 Å². The Morgan fingerprint density at radius 3 is 2.63 bits per heavy atom. The van der Waals surface area contributed by atoms with E-state index in [-0.39, 0.29) is 0 Å². The van der Waals surface area contributed by atoms with E-state index in [1.54, 1.807) is 7.11 Å². The largest absolute Gasteiger partial charge is 0.384 e. The third-order valence-corrected chi connectivity index (χ3v) is 4.03. The third-order valence-electron chi connectivity index (χ3n) is 4.03. The lowest BCUT2D eigenvalue weighted by molar-refractivity contribution is 0.139. The Morgan fingerprint density at radius 2 is 2.00 bits per heavy atom. The second-order valence-corrected chi connectivity index (χ2v) is 5.67. The van der Waals surface area contributed by atoms with E-state index in [0.717, 1.165) is 44.2 Å². The second-order valence-electron chi connectivity index (χ2n) is 5.67. The molecule has 2 aliphatic rings. The van der Waals surface area contributed by atoms with Crippen molar-refractivity contribution >= 4 is 11.6 Å². The number of nitrogens with two attached hydrogens (primary N) is 1. The normalized spacial score (nSPS) is 20.8. The maximum absolute atomic E-state index is 5.91. The van der Waals surface area contributed by atoms with Crippen LogP contribution >= 0.6 is 0 Å². The lowest BCUT2D eigenvalue weighted by Gasteiger charge is -2.32. The van der Waals surface area contributed by atoms with Crippen LogP contribution in [-0.2, 0) is 4.74 Å². The van der Waals surface area contributed by atoms with Crippen molar-refractivity contribution in [3.8, 4) is 0 Å². The number of nitrogens with zero attached hydrogens (tertiary/aromatic N) is 3. The van der Waals surface area contributed by atoms with E-state index < -0.39 is 0 Å². The summed E-state index contributed by atoms with van der Waals surface area (Å²) in [4.78, 5) is 11.4.